The zero-order valence-corrected chi connectivity index (χ0v) is 20.0. The molecule has 0 saturated carbocycles. The van der Waals surface area contributed by atoms with Gasteiger partial charge in [-0.05, 0) is 53.4 Å². The first-order valence-electron chi connectivity index (χ1n) is 12.5. The average molecular weight is 479 g/mol. The Labute approximate surface area is 209 Å². The normalized spacial score (nSPS) is 28.1. The SMILES string of the molecule is C[C@]12C(=O)N(c3ccc(C(=O)N4CCOCC4)cc3)C(=O)[C@H]1C1c3ccccc3C2c2ccccc21. The van der Waals surface area contributed by atoms with Crippen LogP contribution in [0.1, 0.15) is 51.4 Å². The number of imide groups is 1. The van der Waals surface area contributed by atoms with Crippen LogP contribution in [0.5, 0.6) is 0 Å². The number of nitrogens with zero attached hydrogens (tertiary/aromatic N) is 2. The highest BCUT2D eigenvalue weighted by Crippen LogP contribution is 2.67. The molecule has 2 fully saturated rings. The maximum atomic E-state index is 14.2. The lowest BCUT2D eigenvalue weighted by molar-refractivity contribution is -0.128. The van der Waals surface area contributed by atoms with Crippen LogP contribution in [0.4, 0.5) is 5.69 Å². The first-order valence-corrected chi connectivity index (χ1v) is 12.5. The molecule has 3 aliphatic carbocycles. The van der Waals surface area contributed by atoms with Crippen LogP contribution in [-0.4, -0.2) is 48.9 Å². The van der Waals surface area contributed by atoms with Crippen molar-refractivity contribution in [1.82, 2.24) is 4.90 Å². The second-order valence-electron chi connectivity index (χ2n) is 10.4. The second kappa shape index (κ2) is 7.61. The van der Waals surface area contributed by atoms with Gasteiger partial charge in [0.1, 0.15) is 0 Å². The van der Waals surface area contributed by atoms with Crippen LogP contribution in [0, 0.1) is 11.3 Å². The Morgan fingerprint density at radius 1 is 0.833 bits per heavy atom. The molecule has 6 heteroatoms. The Hall–Kier alpha value is -3.77. The van der Waals surface area contributed by atoms with Gasteiger partial charge in [-0.25, -0.2) is 4.90 Å². The lowest BCUT2D eigenvalue weighted by atomic mass is 9.48. The maximum absolute atomic E-state index is 14.2. The number of carbonyl (C=O) groups excluding carboxylic acids is 3. The quantitative estimate of drug-likeness (QED) is 0.524. The van der Waals surface area contributed by atoms with Crippen molar-refractivity contribution in [3.63, 3.8) is 0 Å². The zero-order chi connectivity index (χ0) is 24.6. The van der Waals surface area contributed by atoms with Crippen molar-refractivity contribution in [3.05, 3.63) is 101 Å². The molecule has 3 amide bonds. The van der Waals surface area contributed by atoms with Crippen LogP contribution in [0.3, 0.4) is 0 Å². The monoisotopic (exact) mass is 478 g/mol. The number of hydrogen-bond donors (Lipinski definition) is 0. The summed E-state index contributed by atoms with van der Waals surface area (Å²) in [6, 6.07) is 23.4. The molecule has 0 aromatic heterocycles. The van der Waals surface area contributed by atoms with Crippen molar-refractivity contribution < 1.29 is 19.1 Å². The molecule has 36 heavy (non-hydrogen) atoms. The third-order valence-corrected chi connectivity index (χ3v) is 8.68. The van der Waals surface area contributed by atoms with Gasteiger partial charge in [0, 0.05) is 30.5 Å². The molecule has 0 spiro atoms. The number of hydrogen-bond acceptors (Lipinski definition) is 4. The summed E-state index contributed by atoms with van der Waals surface area (Å²) >= 11 is 0. The minimum atomic E-state index is -0.868. The molecule has 0 N–H and O–H groups in total. The van der Waals surface area contributed by atoms with Gasteiger partial charge in [-0.1, -0.05) is 48.5 Å². The smallest absolute Gasteiger partial charge is 0.254 e. The van der Waals surface area contributed by atoms with E-state index in [1.165, 1.54) is 4.90 Å². The number of benzene rings is 3. The third-order valence-electron chi connectivity index (χ3n) is 8.68. The van der Waals surface area contributed by atoms with Gasteiger partial charge < -0.3 is 9.64 Å². The molecule has 180 valence electrons. The van der Waals surface area contributed by atoms with Crippen molar-refractivity contribution in [3.8, 4) is 0 Å². The molecule has 8 rings (SSSR count). The Bertz CT molecular complexity index is 1380. The van der Waals surface area contributed by atoms with Gasteiger partial charge in [-0.3, -0.25) is 14.4 Å². The molecule has 2 heterocycles. The van der Waals surface area contributed by atoms with E-state index < -0.39 is 11.3 Å². The van der Waals surface area contributed by atoms with Crippen molar-refractivity contribution in [2.24, 2.45) is 11.3 Å². The molecule has 2 saturated heterocycles. The van der Waals surface area contributed by atoms with Gasteiger partial charge >= 0.3 is 0 Å². The molecular weight excluding hydrogens is 452 g/mol. The van der Waals surface area contributed by atoms with E-state index in [1.54, 1.807) is 29.2 Å². The summed E-state index contributed by atoms with van der Waals surface area (Å²) in [6.45, 7) is 4.17. The zero-order valence-electron chi connectivity index (χ0n) is 20.0. The van der Waals surface area contributed by atoms with Crippen LogP contribution in [0.2, 0.25) is 0 Å². The van der Waals surface area contributed by atoms with Crippen LogP contribution in [-0.2, 0) is 14.3 Å². The largest absolute Gasteiger partial charge is 0.378 e. The summed E-state index contributed by atoms with van der Waals surface area (Å²) < 4.78 is 5.35. The second-order valence-corrected chi connectivity index (χ2v) is 10.4. The number of rotatable bonds is 2. The van der Waals surface area contributed by atoms with Crippen LogP contribution < -0.4 is 4.90 Å². The van der Waals surface area contributed by atoms with Crippen molar-refractivity contribution in [2.45, 2.75) is 18.8 Å². The summed E-state index contributed by atoms with van der Waals surface area (Å²) in [4.78, 5) is 44.2. The first kappa shape index (κ1) is 21.5. The van der Waals surface area contributed by atoms with E-state index in [-0.39, 0.29) is 29.6 Å². The summed E-state index contributed by atoms with van der Waals surface area (Å²) in [5, 5.41) is 0. The van der Waals surface area contributed by atoms with Crippen molar-refractivity contribution >= 4 is 23.4 Å². The van der Waals surface area contributed by atoms with E-state index in [0.717, 1.165) is 22.3 Å². The predicted molar refractivity (Wildman–Crippen MR) is 134 cm³/mol. The first-order chi connectivity index (χ1) is 17.5. The number of morpholine rings is 1. The standard InChI is InChI=1S/C30H26N2O4/c1-30-25-22-8-4-2-6-20(22)24(21-7-3-5-9-23(21)25)26(30)28(34)32(29(30)35)19-12-10-18(11-13-19)27(33)31-14-16-36-17-15-31/h2-13,24-26H,14-17H2,1H3/t24?,25?,26-,30-/m1/s1. The molecule has 3 aromatic carbocycles. The molecule has 3 aromatic rings. The maximum Gasteiger partial charge on any atom is 0.254 e. The molecule has 6 nitrogen and oxygen atoms in total. The Balaban J connectivity index is 1.29. The molecule has 2 atom stereocenters. The van der Waals surface area contributed by atoms with Gasteiger partial charge in [0.05, 0.1) is 30.2 Å². The highest BCUT2D eigenvalue weighted by molar-refractivity contribution is 6.25. The number of ether oxygens (including phenoxy) is 1. The van der Waals surface area contributed by atoms with Gasteiger partial charge in [-0.2, -0.15) is 0 Å². The summed E-state index contributed by atoms with van der Waals surface area (Å²) in [5.74, 6) is -1.18. The molecule has 2 bridgehead atoms. The average Bonchev–Trinajstić information content (AvgIpc) is 3.14. The van der Waals surface area contributed by atoms with E-state index in [0.29, 0.717) is 37.6 Å². The van der Waals surface area contributed by atoms with Gasteiger partial charge in [-0.15, -0.1) is 0 Å². The Morgan fingerprint density at radius 3 is 1.97 bits per heavy atom. The highest BCUT2D eigenvalue weighted by atomic mass is 16.5. The number of anilines is 1. The van der Waals surface area contributed by atoms with Crippen LogP contribution in [0.15, 0.2) is 72.8 Å². The minimum absolute atomic E-state index is 0.0616. The van der Waals surface area contributed by atoms with E-state index in [2.05, 4.69) is 24.3 Å². The Morgan fingerprint density at radius 2 is 1.39 bits per heavy atom. The molecule has 5 aliphatic rings. The van der Waals surface area contributed by atoms with Gasteiger partial charge in [0.2, 0.25) is 11.8 Å². The summed E-state index contributed by atoms with van der Waals surface area (Å²) in [7, 11) is 0. The van der Waals surface area contributed by atoms with E-state index in [1.807, 2.05) is 31.2 Å². The Kier molecular flexibility index (Phi) is 4.55. The summed E-state index contributed by atoms with van der Waals surface area (Å²) in [6.07, 6.45) is 0. The third kappa shape index (κ3) is 2.68. The fourth-order valence-corrected chi connectivity index (χ4v) is 7.06. The van der Waals surface area contributed by atoms with Crippen molar-refractivity contribution in [2.75, 3.05) is 31.2 Å². The lowest BCUT2D eigenvalue weighted by Gasteiger charge is -2.51. The van der Waals surface area contributed by atoms with E-state index in [9.17, 15) is 14.4 Å². The molecule has 0 radical (unpaired) electrons. The molecule has 2 aliphatic heterocycles. The van der Waals surface area contributed by atoms with Gasteiger partial charge in [0.15, 0.2) is 0 Å². The molecule has 0 unspecified atom stereocenters. The lowest BCUT2D eigenvalue weighted by Crippen LogP contribution is -2.49. The van der Waals surface area contributed by atoms with Crippen LogP contribution in [0.25, 0.3) is 0 Å². The number of carbonyl (C=O) groups is 3. The minimum Gasteiger partial charge on any atom is -0.378 e. The molecular formula is C30H26N2O4. The van der Waals surface area contributed by atoms with E-state index in [4.69, 9.17) is 4.74 Å². The topological polar surface area (TPSA) is 66.9 Å². The fourth-order valence-electron chi connectivity index (χ4n) is 7.06. The fraction of sp³-hybridized carbons (Fsp3) is 0.300. The van der Waals surface area contributed by atoms with Crippen molar-refractivity contribution in [1.29, 1.82) is 0 Å². The predicted octanol–water partition coefficient (Wildman–Crippen LogP) is 3.95. The van der Waals surface area contributed by atoms with Crippen LogP contribution >= 0.6 is 0 Å². The highest BCUT2D eigenvalue weighted by Gasteiger charge is 2.68. The summed E-state index contributed by atoms with van der Waals surface area (Å²) in [5.41, 5.74) is 4.79. The van der Waals surface area contributed by atoms with Gasteiger partial charge in [0.25, 0.3) is 5.91 Å². The number of amides is 3. The van der Waals surface area contributed by atoms with E-state index >= 15 is 0 Å².